The van der Waals surface area contributed by atoms with E-state index in [0.717, 1.165) is 0 Å². The molecule has 0 aliphatic heterocycles. The molecule has 0 radical (unpaired) electrons. The fourth-order valence-corrected chi connectivity index (χ4v) is 2.06. The standard InChI is InChI=1S/C10H12IN2O5P/c11-4-3-8-7-13(10(15)12-9(8)14)5-1-2-6-19(16,17)18/h1-4,7H,5-6H2,(H,12,14,15)(H2,16,17,18)/b2-1+,4-3+. The van der Waals surface area contributed by atoms with Gasteiger partial charge in [-0.25, -0.2) is 4.79 Å². The van der Waals surface area contributed by atoms with Gasteiger partial charge in [0, 0.05) is 12.7 Å². The number of rotatable bonds is 5. The highest BCUT2D eigenvalue weighted by Crippen LogP contribution is 2.33. The normalized spacial score (nSPS) is 12.6. The predicted molar refractivity (Wildman–Crippen MR) is 80.4 cm³/mol. The Morgan fingerprint density at radius 1 is 1.37 bits per heavy atom. The summed E-state index contributed by atoms with van der Waals surface area (Å²) < 4.78 is 13.5. The smallest absolute Gasteiger partial charge is 0.324 e. The number of nitrogens with zero attached hydrogens (tertiary/aromatic N) is 1. The lowest BCUT2D eigenvalue weighted by atomic mass is 10.3. The molecule has 1 heterocycles. The van der Waals surface area contributed by atoms with Gasteiger partial charge >= 0.3 is 13.3 Å². The zero-order valence-electron chi connectivity index (χ0n) is 9.69. The van der Waals surface area contributed by atoms with Gasteiger partial charge in [-0.15, -0.1) is 0 Å². The van der Waals surface area contributed by atoms with E-state index in [-0.39, 0.29) is 12.7 Å². The molecule has 0 aliphatic rings. The van der Waals surface area contributed by atoms with Crippen LogP contribution in [0.3, 0.4) is 0 Å². The lowest BCUT2D eigenvalue weighted by Gasteiger charge is -2.02. The summed E-state index contributed by atoms with van der Waals surface area (Å²) in [7, 11) is -4.07. The maximum Gasteiger partial charge on any atom is 0.329 e. The SMILES string of the molecule is O=c1[nH]c(=O)n(C/C=C/CP(=O)(O)O)cc1/C=C/I. The fraction of sp³-hybridized carbons (Fsp3) is 0.200. The van der Waals surface area contributed by atoms with E-state index in [4.69, 9.17) is 9.79 Å². The van der Waals surface area contributed by atoms with Crippen LogP contribution in [0, 0.1) is 0 Å². The number of hydrogen-bond donors (Lipinski definition) is 3. The van der Waals surface area contributed by atoms with Crippen molar-refractivity contribution in [3.8, 4) is 0 Å². The first-order valence-corrected chi connectivity index (χ1v) is 8.18. The van der Waals surface area contributed by atoms with E-state index in [0.29, 0.717) is 5.56 Å². The number of hydrogen-bond acceptors (Lipinski definition) is 3. The van der Waals surface area contributed by atoms with Crippen molar-refractivity contribution in [2.75, 3.05) is 6.16 Å². The van der Waals surface area contributed by atoms with Crippen LogP contribution in [0.4, 0.5) is 0 Å². The molecule has 0 amide bonds. The highest BCUT2D eigenvalue weighted by molar-refractivity contribution is 14.1. The van der Waals surface area contributed by atoms with Crippen molar-refractivity contribution >= 4 is 36.3 Å². The number of aromatic nitrogens is 2. The highest BCUT2D eigenvalue weighted by Gasteiger charge is 2.08. The van der Waals surface area contributed by atoms with Gasteiger partial charge in [0.1, 0.15) is 0 Å². The number of allylic oxidation sites excluding steroid dienone is 2. The zero-order valence-corrected chi connectivity index (χ0v) is 12.7. The minimum atomic E-state index is -4.07. The molecule has 1 aromatic rings. The van der Waals surface area contributed by atoms with Crippen molar-refractivity contribution in [1.29, 1.82) is 0 Å². The summed E-state index contributed by atoms with van der Waals surface area (Å²) in [4.78, 5) is 42.3. The molecule has 0 unspecified atom stereocenters. The van der Waals surface area contributed by atoms with Crippen molar-refractivity contribution in [3.05, 3.63) is 48.8 Å². The Balaban J connectivity index is 2.90. The van der Waals surface area contributed by atoms with Gasteiger partial charge in [-0.2, -0.15) is 0 Å². The van der Waals surface area contributed by atoms with E-state index in [2.05, 4.69) is 4.98 Å². The lowest BCUT2D eigenvalue weighted by Crippen LogP contribution is -2.30. The molecule has 0 fully saturated rings. The number of halogens is 1. The molecule has 3 N–H and O–H groups in total. The summed E-state index contributed by atoms with van der Waals surface area (Å²) in [5.74, 6) is 0. The summed E-state index contributed by atoms with van der Waals surface area (Å²) in [6.45, 7) is 0.123. The Kier molecular flexibility index (Phi) is 5.92. The van der Waals surface area contributed by atoms with E-state index in [1.807, 2.05) is 22.6 Å². The summed E-state index contributed by atoms with van der Waals surface area (Å²) in [6, 6.07) is 0. The first-order valence-electron chi connectivity index (χ1n) is 5.13. The van der Waals surface area contributed by atoms with Crippen molar-refractivity contribution in [1.82, 2.24) is 9.55 Å². The van der Waals surface area contributed by atoms with Gasteiger partial charge in [0.15, 0.2) is 0 Å². The van der Waals surface area contributed by atoms with Gasteiger partial charge in [0.05, 0.1) is 11.7 Å². The van der Waals surface area contributed by atoms with Gasteiger partial charge in [0.2, 0.25) is 0 Å². The monoisotopic (exact) mass is 398 g/mol. The Morgan fingerprint density at radius 3 is 2.63 bits per heavy atom. The fourth-order valence-electron chi connectivity index (χ4n) is 1.25. The molecular formula is C10H12IN2O5P. The van der Waals surface area contributed by atoms with Crippen LogP contribution >= 0.6 is 30.2 Å². The van der Waals surface area contributed by atoms with Crippen molar-refractivity contribution < 1.29 is 14.4 Å². The second-order valence-corrected chi connectivity index (χ2v) is 6.02. The van der Waals surface area contributed by atoms with Crippen molar-refractivity contribution in [3.63, 3.8) is 0 Å². The minimum Gasteiger partial charge on any atom is -0.324 e. The van der Waals surface area contributed by atoms with E-state index >= 15 is 0 Å². The molecule has 7 nitrogen and oxygen atoms in total. The number of H-pyrrole nitrogens is 1. The maximum atomic E-state index is 11.5. The topological polar surface area (TPSA) is 112 Å². The highest BCUT2D eigenvalue weighted by atomic mass is 127. The van der Waals surface area contributed by atoms with Gasteiger partial charge < -0.3 is 9.79 Å². The molecule has 0 saturated heterocycles. The Labute approximate surface area is 122 Å². The second-order valence-electron chi connectivity index (χ2n) is 3.61. The largest absolute Gasteiger partial charge is 0.329 e. The van der Waals surface area contributed by atoms with Crippen molar-refractivity contribution in [2.45, 2.75) is 6.54 Å². The third-order valence-electron chi connectivity index (χ3n) is 2.09. The molecule has 0 aromatic carbocycles. The molecule has 1 aromatic heterocycles. The van der Waals surface area contributed by atoms with E-state index in [9.17, 15) is 14.2 Å². The van der Waals surface area contributed by atoms with Gasteiger partial charge in [-0.05, 0) is 10.2 Å². The van der Waals surface area contributed by atoms with Crippen molar-refractivity contribution in [2.24, 2.45) is 0 Å². The molecule has 19 heavy (non-hydrogen) atoms. The van der Waals surface area contributed by atoms with Gasteiger partial charge in [-0.1, -0.05) is 34.7 Å². The quantitative estimate of drug-likeness (QED) is 0.384. The second kappa shape index (κ2) is 6.99. The van der Waals surface area contributed by atoms with E-state index in [1.54, 1.807) is 10.2 Å². The molecular weight excluding hydrogens is 386 g/mol. The zero-order chi connectivity index (χ0) is 14.5. The molecule has 0 aliphatic carbocycles. The molecule has 0 saturated carbocycles. The average molecular weight is 398 g/mol. The summed E-state index contributed by atoms with van der Waals surface area (Å²) in [5, 5.41) is 0. The van der Waals surface area contributed by atoms with Crippen LogP contribution in [0.1, 0.15) is 5.56 Å². The van der Waals surface area contributed by atoms with E-state index < -0.39 is 18.8 Å². The van der Waals surface area contributed by atoms with Crippen LogP contribution in [0.15, 0.2) is 32.0 Å². The first kappa shape index (κ1) is 16.1. The molecule has 0 atom stereocenters. The first-order chi connectivity index (χ1) is 8.83. The van der Waals surface area contributed by atoms with Crippen LogP contribution in [0.5, 0.6) is 0 Å². The Morgan fingerprint density at radius 2 is 2.05 bits per heavy atom. The lowest BCUT2D eigenvalue weighted by molar-refractivity contribution is 0.377. The maximum absolute atomic E-state index is 11.5. The molecule has 0 spiro atoms. The molecule has 104 valence electrons. The van der Waals surface area contributed by atoms with Crippen LogP contribution in [0.25, 0.3) is 6.08 Å². The van der Waals surface area contributed by atoms with Crippen LogP contribution in [-0.2, 0) is 11.1 Å². The molecule has 1 rings (SSSR count). The van der Waals surface area contributed by atoms with Crippen LogP contribution in [0.2, 0.25) is 0 Å². The van der Waals surface area contributed by atoms with Crippen LogP contribution in [-0.4, -0.2) is 25.5 Å². The van der Waals surface area contributed by atoms with E-state index in [1.165, 1.54) is 22.9 Å². The van der Waals surface area contributed by atoms with Gasteiger partial charge in [0.25, 0.3) is 5.56 Å². The summed E-state index contributed by atoms with van der Waals surface area (Å²) in [5.41, 5.74) is -0.720. The predicted octanol–water partition coefficient (Wildman–Crippen LogP) is 0.676. The number of aromatic amines is 1. The minimum absolute atomic E-state index is 0.123. The average Bonchev–Trinajstić information content (AvgIpc) is 2.28. The molecule has 9 heteroatoms. The third kappa shape index (κ3) is 5.68. The Bertz CT molecular complexity index is 655. The van der Waals surface area contributed by atoms with Gasteiger partial charge in [-0.3, -0.25) is 18.9 Å². The van der Waals surface area contributed by atoms with Crippen LogP contribution < -0.4 is 11.2 Å². The number of nitrogens with one attached hydrogen (secondary N) is 1. The molecule has 0 bridgehead atoms. The Hall–Kier alpha value is -0.960. The summed E-state index contributed by atoms with van der Waals surface area (Å²) >= 11 is 1.95. The third-order valence-corrected chi connectivity index (χ3v) is 3.14. The summed E-state index contributed by atoms with van der Waals surface area (Å²) in [6.07, 6.45) is 5.31.